The van der Waals surface area contributed by atoms with Crippen molar-refractivity contribution >= 4 is 16.9 Å². The van der Waals surface area contributed by atoms with Crippen molar-refractivity contribution in [1.29, 1.82) is 0 Å². The van der Waals surface area contributed by atoms with Gasteiger partial charge in [-0.3, -0.25) is 4.79 Å². The molecule has 2 aromatic carbocycles. The molecule has 1 N–H and O–H groups in total. The van der Waals surface area contributed by atoms with Gasteiger partial charge >= 0.3 is 0 Å². The average molecular weight is 307 g/mol. The summed E-state index contributed by atoms with van der Waals surface area (Å²) in [7, 11) is 1.97. The summed E-state index contributed by atoms with van der Waals surface area (Å²) in [6, 6.07) is 14.4. The van der Waals surface area contributed by atoms with Crippen LogP contribution in [0.2, 0.25) is 0 Å². The van der Waals surface area contributed by atoms with Gasteiger partial charge in [0.1, 0.15) is 0 Å². The quantitative estimate of drug-likeness (QED) is 0.787. The Balaban J connectivity index is 1.53. The second-order valence-corrected chi connectivity index (χ2v) is 5.94. The van der Waals surface area contributed by atoms with Gasteiger partial charge in [-0.25, -0.2) is 4.98 Å². The number of aromatic nitrogens is 2. The lowest BCUT2D eigenvalue weighted by Gasteiger charge is -2.06. The van der Waals surface area contributed by atoms with Crippen molar-refractivity contribution in [1.82, 2.24) is 14.9 Å². The van der Waals surface area contributed by atoms with Gasteiger partial charge in [-0.05, 0) is 36.6 Å². The minimum absolute atomic E-state index is 0.0765. The highest BCUT2D eigenvalue weighted by Gasteiger charge is 2.05. The molecule has 0 radical (unpaired) electrons. The lowest BCUT2D eigenvalue weighted by molar-refractivity contribution is -0.121. The van der Waals surface area contributed by atoms with Crippen LogP contribution in [-0.4, -0.2) is 15.5 Å². The largest absolute Gasteiger partial charge is 0.352 e. The summed E-state index contributed by atoms with van der Waals surface area (Å²) in [4.78, 5) is 16.4. The first kappa shape index (κ1) is 15.3. The van der Waals surface area contributed by atoms with E-state index in [0.717, 1.165) is 23.0 Å². The third kappa shape index (κ3) is 3.77. The van der Waals surface area contributed by atoms with Gasteiger partial charge in [0.05, 0.1) is 17.4 Å². The molecule has 4 heteroatoms. The third-order valence-electron chi connectivity index (χ3n) is 4.00. The van der Waals surface area contributed by atoms with Crippen molar-refractivity contribution in [3.63, 3.8) is 0 Å². The molecular formula is C19H21N3O. The molecule has 0 bridgehead atoms. The molecule has 0 atom stereocenters. The van der Waals surface area contributed by atoms with Crippen molar-refractivity contribution in [2.45, 2.75) is 26.3 Å². The van der Waals surface area contributed by atoms with Crippen molar-refractivity contribution < 1.29 is 4.79 Å². The van der Waals surface area contributed by atoms with E-state index in [4.69, 9.17) is 0 Å². The van der Waals surface area contributed by atoms with Crippen molar-refractivity contribution in [2.24, 2.45) is 7.05 Å². The average Bonchev–Trinajstić information content (AvgIpc) is 2.92. The maximum absolute atomic E-state index is 12.0. The molecule has 4 nitrogen and oxygen atoms in total. The maximum atomic E-state index is 12.0. The van der Waals surface area contributed by atoms with E-state index in [-0.39, 0.29) is 5.91 Å². The first-order valence-electron chi connectivity index (χ1n) is 7.84. The number of amides is 1. The maximum Gasteiger partial charge on any atom is 0.220 e. The summed E-state index contributed by atoms with van der Waals surface area (Å²) in [6.45, 7) is 2.61. The third-order valence-corrected chi connectivity index (χ3v) is 4.00. The Kier molecular flexibility index (Phi) is 4.42. The number of hydrogen-bond donors (Lipinski definition) is 1. The Morgan fingerprint density at radius 3 is 2.87 bits per heavy atom. The van der Waals surface area contributed by atoms with Gasteiger partial charge in [0.25, 0.3) is 0 Å². The monoisotopic (exact) mass is 307 g/mol. The topological polar surface area (TPSA) is 46.9 Å². The van der Waals surface area contributed by atoms with Gasteiger partial charge in [0, 0.05) is 20.0 Å². The van der Waals surface area contributed by atoms with Crippen LogP contribution in [-0.2, 0) is 24.8 Å². The molecule has 1 amide bonds. The molecule has 3 rings (SSSR count). The number of aryl methyl sites for hydroxylation is 3. The second kappa shape index (κ2) is 6.65. The van der Waals surface area contributed by atoms with E-state index in [9.17, 15) is 4.79 Å². The molecule has 0 spiro atoms. The molecule has 0 saturated carbocycles. The summed E-state index contributed by atoms with van der Waals surface area (Å²) in [5, 5.41) is 2.98. The molecule has 3 aromatic rings. The first-order valence-corrected chi connectivity index (χ1v) is 7.84. The highest BCUT2D eigenvalue weighted by Crippen LogP contribution is 2.14. The van der Waals surface area contributed by atoms with Crippen LogP contribution >= 0.6 is 0 Å². The summed E-state index contributed by atoms with van der Waals surface area (Å²) in [5.41, 5.74) is 5.56. The summed E-state index contributed by atoms with van der Waals surface area (Å²) < 4.78 is 1.99. The second-order valence-electron chi connectivity index (χ2n) is 5.94. The van der Waals surface area contributed by atoms with Crippen LogP contribution in [0.25, 0.3) is 11.0 Å². The number of rotatable bonds is 5. The Labute approximate surface area is 136 Å². The van der Waals surface area contributed by atoms with Gasteiger partial charge < -0.3 is 9.88 Å². The molecule has 1 aromatic heterocycles. The van der Waals surface area contributed by atoms with E-state index in [2.05, 4.69) is 35.4 Å². The Hall–Kier alpha value is -2.62. The fourth-order valence-electron chi connectivity index (χ4n) is 2.71. The van der Waals surface area contributed by atoms with Crippen LogP contribution in [0.5, 0.6) is 0 Å². The number of nitrogens with zero attached hydrogens (tertiary/aromatic N) is 2. The molecule has 0 unspecified atom stereocenters. The van der Waals surface area contributed by atoms with Crippen molar-refractivity contribution in [2.75, 3.05) is 0 Å². The van der Waals surface area contributed by atoms with E-state index >= 15 is 0 Å². The van der Waals surface area contributed by atoms with Crippen LogP contribution < -0.4 is 5.32 Å². The smallest absolute Gasteiger partial charge is 0.220 e. The van der Waals surface area contributed by atoms with E-state index < -0.39 is 0 Å². The minimum Gasteiger partial charge on any atom is -0.352 e. The molecule has 0 aliphatic carbocycles. The van der Waals surface area contributed by atoms with Crippen LogP contribution in [0.1, 0.15) is 23.1 Å². The van der Waals surface area contributed by atoms with E-state index in [1.807, 2.05) is 35.9 Å². The number of fused-ring (bicyclic) bond motifs is 1. The van der Waals surface area contributed by atoms with Gasteiger partial charge in [0.2, 0.25) is 5.91 Å². The SMILES string of the molecule is Cc1cccc(CCC(=O)NCc2ccc3c(c2)ncn3C)c1. The molecule has 0 saturated heterocycles. The van der Waals surface area contributed by atoms with Gasteiger partial charge in [-0.15, -0.1) is 0 Å². The number of benzene rings is 2. The zero-order valence-corrected chi connectivity index (χ0v) is 13.5. The Bertz CT molecular complexity index is 836. The van der Waals surface area contributed by atoms with Gasteiger partial charge in [0.15, 0.2) is 0 Å². The zero-order chi connectivity index (χ0) is 16.2. The van der Waals surface area contributed by atoms with Crippen LogP contribution in [0, 0.1) is 6.92 Å². The van der Waals surface area contributed by atoms with Crippen LogP contribution in [0.15, 0.2) is 48.8 Å². The normalized spacial score (nSPS) is 10.9. The number of nitrogens with one attached hydrogen (secondary N) is 1. The predicted molar refractivity (Wildman–Crippen MR) is 92.1 cm³/mol. The number of carbonyl (C=O) groups is 1. The molecule has 118 valence electrons. The molecule has 1 heterocycles. The molecular weight excluding hydrogens is 286 g/mol. The van der Waals surface area contributed by atoms with Crippen molar-refractivity contribution in [3.05, 3.63) is 65.5 Å². The van der Waals surface area contributed by atoms with Gasteiger partial charge in [-0.2, -0.15) is 0 Å². The fraction of sp³-hybridized carbons (Fsp3) is 0.263. The summed E-state index contributed by atoms with van der Waals surface area (Å²) in [6.07, 6.45) is 3.08. The first-order chi connectivity index (χ1) is 11.1. The predicted octanol–water partition coefficient (Wildman–Crippen LogP) is 3.13. The fourth-order valence-corrected chi connectivity index (χ4v) is 2.71. The summed E-state index contributed by atoms with van der Waals surface area (Å²) >= 11 is 0. The van der Waals surface area contributed by atoms with E-state index in [1.165, 1.54) is 11.1 Å². The van der Waals surface area contributed by atoms with Crippen LogP contribution in [0.3, 0.4) is 0 Å². The van der Waals surface area contributed by atoms with Crippen molar-refractivity contribution in [3.8, 4) is 0 Å². The highest BCUT2D eigenvalue weighted by atomic mass is 16.1. The Morgan fingerprint density at radius 1 is 1.17 bits per heavy atom. The standard InChI is InChI=1S/C19H21N3O/c1-14-4-3-5-15(10-14)7-9-19(23)20-12-16-6-8-18-17(11-16)21-13-22(18)2/h3-6,8,10-11,13H,7,9,12H2,1-2H3,(H,20,23). The summed E-state index contributed by atoms with van der Waals surface area (Å²) in [5.74, 6) is 0.0765. The minimum atomic E-state index is 0.0765. The number of hydrogen-bond acceptors (Lipinski definition) is 2. The van der Waals surface area contributed by atoms with Crippen LogP contribution in [0.4, 0.5) is 0 Å². The molecule has 23 heavy (non-hydrogen) atoms. The Morgan fingerprint density at radius 2 is 2.04 bits per heavy atom. The molecule has 0 fully saturated rings. The highest BCUT2D eigenvalue weighted by molar-refractivity contribution is 5.77. The lowest BCUT2D eigenvalue weighted by Crippen LogP contribution is -2.23. The molecule has 0 aliphatic heterocycles. The number of imidazole rings is 1. The van der Waals surface area contributed by atoms with Gasteiger partial charge in [-0.1, -0.05) is 35.9 Å². The van der Waals surface area contributed by atoms with E-state index in [1.54, 1.807) is 6.33 Å². The lowest BCUT2D eigenvalue weighted by atomic mass is 10.1. The van der Waals surface area contributed by atoms with E-state index in [0.29, 0.717) is 13.0 Å². The zero-order valence-electron chi connectivity index (χ0n) is 13.5. The number of carbonyl (C=O) groups excluding carboxylic acids is 1. The molecule has 0 aliphatic rings.